The molecule has 0 bridgehead atoms. The maximum Gasteiger partial charge on any atom is 0.204 e. The van der Waals surface area contributed by atoms with E-state index >= 15 is 0 Å². The van der Waals surface area contributed by atoms with Crippen LogP contribution in [0.2, 0.25) is 0 Å². The number of hydrogen-bond acceptors (Lipinski definition) is 8. The predicted molar refractivity (Wildman–Crippen MR) is 145 cm³/mol. The van der Waals surface area contributed by atoms with Crippen LogP contribution in [0.3, 0.4) is 0 Å². The Morgan fingerprint density at radius 3 is 1.97 bits per heavy atom. The van der Waals surface area contributed by atoms with Crippen molar-refractivity contribution in [3.8, 4) is 23.0 Å². The van der Waals surface area contributed by atoms with Gasteiger partial charge in [-0.2, -0.15) is 0 Å². The van der Waals surface area contributed by atoms with Crippen LogP contribution in [0.4, 0.5) is 0 Å². The molecular weight excluding hydrogens is 488 g/mol. The normalized spacial score (nSPS) is 17.8. The lowest BCUT2D eigenvalue weighted by atomic mass is 9.98. The fraction of sp³-hybridized carbons (Fsp3) is 0.433. The van der Waals surface area contributed by atoms with Crippen LogP contribution in [0.25, 0.3) is 21.9 Å². The van der Waals surface area contributed by atoms with Crippen molar-refractivity contribution in [3.05, 3.63) is 56.8 Å². The van der Waals surface area contributed by atoms with Crippen LogP contribution in [0.5, 0.6) is 23.0 Å². The molecule has 2 atom stereocenters. The number of phenolic OH excluding ortho intramolecular Hbond substituents is 1. The molecule has 0 aliphatic carbocycles. The molecular formula is C30H34O8. The maximum atomic E-state index is 14.1. The van der Waals surface area contributed by atoms with Crippen LogP contribution in [-0.2, 0) is 22.3 Å². The number of methoxy groups -OCH3 is 1. The molecule has 2 aliphatic rings. The van der Waals surface area contributed by atoms with Gasteiger partial charge in [-0.25, -0.2) is 0 Å². The van der Waals surface area contributed by atoms with E-state index < -0.39 is 0 Å². The zero-order valence-corrected chi connectivity index (χ0v) is 22.5. The topological polar surface area (TPSA) is 103 Å². The molecule has 0 radical (unpaired) electrons. The van der Waals surface area contributed by atoms with Crippen LogP contribution in [0.15, 0.2) is 44.6 Å². The molecule has 8 heteroatoms. The standard InChI is InChI=1S/C30H34O8/c1-16(2)6-8-20-22(36-14-18-12-34-18)10-24-27(28(20)31)29(32)26-21(9-7-17(3)4)30(33-5)25(11-23(26)38-24)37-15-19-13-35-19/h6-7,10-11,18-19,31H,8-9,12-15H2,1-5H3. The van der Waals surface area contributed by atoms with Gasteiger partial charge in [0.1, 0.15) is 53.5 Å². The average molecular weight is 523 g/mol. The molecule has 0 saturated carbocycles. The molecule has 1 aromatic heterocycles. The minimum atomic E-state index is -0.332. The van der Waals surface area contributed by atoms with Crippen molar-refractivity contribution in [2.45, 2.75) is 52.7 Å². The molecule has 3 aromatic rings. The number of benzene rings is 2. The third kappa shape index (κ3) is 5.51. The lowest BCUT2D eigenvalue weighted by Gasteiger charge is -2.17. The summed E-state index contributed by atoms with van der Waals surface area (Å²) >= 11 is 0. The molecule has 202 valence electrons. The van der Waals surface area contributed by atoms with Gasteiger partial charge in [-0.15, -0.1) is 0 Å². The summed E-state index contributed by atoms with van der Waals surface area (Å²) in [7, 11) is 1.55. The molecule has 8 nitrogen and oxygen atoms in total. The number of rotatable bonds is 11. The Bertz CT molecular complexity index is 1480. The second-order valence-electron chi connectivity index (χ2n) is 10.3. The number of ether oxygens (including phenoxy) is 5. The quantitative estimate of drug-likeness (QED) is 0.207. The van der Waals surface area contributed by atoms with E-state index in [1.165, 1.54) is 0 Å². The highest BCUT2D eigenvalue weighted by Gasteiger charge is 2.28. The van der Waals surface area contributed by atoms with E-state index in [-0.39, 0.29) is 34.4 Å². The summed E-state index contributed by atoms with van der Waals surface area (Å²) in [5.74, 6) is 1.27. The third-order valence-corrected chi connectivity index (χ3v) is 6.60. The van der Waals surface area contributed by atoms with Crippen molar-refractivity contribution in [2.24, 2.45) is 0 Å². The molecule has 2 aromatic carbocycles. The van der Waals surface area contributed by atoms with Gasteiger partial charge in [0.2, 0.25) is 5.43 Å². The molecule has 2 saturated heterocycles. The molecule has 2 fully saturated rings. The molecule has 1 N–H and O–H groups in total. The van der Waals surface area contributed by atoms with Gasteiger partial charge in [0.15, 0.2) is 11.5 Å². The summed E-state index contributed by atoms with van der Waals surface area (Å²) in [4.78, 5) is 14.1. The fourth-order valence-electron chi connectivity index (χ4n) is 4.36. The van der Waals surface area contributed by atoms with Crippen molar-refractivity contribution >= 4 is 21.9 Å². The Morgan fingerprint density at radius 1 is 0.895 bits per heavy atom. The van der Waals surface area contributed by atoms with Gasteiger partial charge in [0, 0.05) is 23.3 Å². The van der Waals surface area contributed by atoms with Crippen LogP contribution in [-0.4, -0.2) is 50.9 Å². The predicted octanol–water partition coefficient (Wildman–Crippen LogP) is 5.23. The van der Waals surface area contributed by atoms with Gasteiger partial charge in [-0.1, -0.05) is 23.3 Å². The number of allylic oxidation sites excluding steroid dienone is 4. The van der Waals surface area contributed by atoms with Crippen LogP contribution in [0, 0.1) is 0 Å². The molecule has 0 spiro atoms. The van der Waals surface area contributed by atoms with Gasteiger partial charge in [-0.3, -0.25) is 4.79 Å². The highest BCUT2D eigenvalue weighted by Crippen LogP contribution is 2.42. The highest BCUT2D eigenvalue weighted by atomic mass is 16.6. The average Bonchev–Trinajstić information content (AvgIpc) is 3.79. The number of epoxide rings is 2. The second kappa shape index (κ2) is 10.7. The van der Waals surface area contributed by atoms with Crippen LogP contribution in [0.1, 0.15) is 38.8 Å². The number of hydrogen-bond donors (Lipinski definition) is 1. The maximum absolute atomic E-state index is 14.1. The number of aromatic hydroxyl groups is 1. The van der Waals surface area contributed by atoms with E-state index in [1.54, 1.807) is 19.2 Å². The minimum absolute atomic E-state index is 0.0352. The Labute approximate surface area is 221 Å². The second-order valence-corrected chi connectivity index (χ2v) is 10.3. The summed E-state index contributed by atoms with van der Waals surface area (Å²) in [5.41, 5.74) is 3.61. The first kappa shape index (κ1) is 26.1. The van der Waals surface area contributed by atoms with Crippen LogP contribution >= 0.6 is 0 Å². The van der Waals surface area contributed by atoms with E-state index in [0.717, 1.165) is 11.1 Å². The first-order chi connectivity index (χ1) is 18.3. The summed E-state index contributed by atoms with van der Waals surface area (Å²) < 4.78 is 34.7. The molecule has 38 heavy (non-hydrogen) atoms. The number of fused-ring (bicyclic) bond motifs is 2. The Morgan fingerprint density at radius 2 is 1.42 bits per heavy atom. The molecule has 2 aliphatic heterocycles. The molecule has 5 rings (SSSR count). The van der Waals surface area contributed by atoms with E-state index in [0.29, 0.717) is 78.6 Å². The van der Waals surface area contributed by atoms with Crippen molar-refractivity contribution in [2.75, 3.05) is 33.5 Å². The zero-order valence-electron chi connectivity index (χ0n) is 22.5. The van der Waals surface area contributed by atoms with E-state index in [4.69, 9.17) is 28.1 Å². The summed E-state index contributed by atoms with van der Waals surface area (Å²) in [5, 5.41) is 11.9. The molecule has 3 heterocycles. The summed E-state index contributed by atoms with van der Waals surface area (Å²) in [6.45, 7) is 9.98. The lowest BCUT2D eigenvalue weighted by Crippen LogP contribution is -2.11. The Balaban J connectivity index is 1.75. The zero-order chi connectivity index (χ0) is 27.0. The monoisotopic (exact) mass is 522 g/mol. The van der Waals surface area contributed by atoms with Gasteiger partial charge >= 0.3 is 0 Å². The highest BCUT2D eigenvalue weighted by molar-refractivity contribution is 5.98. The lowest BCUT2D eigenvalue weighted by molar-refractivity contribution is 0.251. The van der Waals surface area contributed by atoms with Crippen molar-refractivity contribution in [3.63, 3.8) is 0 Å². The van der Waals surface area contributed by atoms with Crippen molar-refractivity contribution in [1.82, 2.24) is 0 Å². The van der Waals surface area contributed by atoms with Gasteiger partial charge in [-0.05, 0) is 40.5 Å². The molecule has 2 unspecified atom stereocenters. The van der Waals surface area contributed by atoms with E-state index in [9.17, 15) is 9.90 Å². The largest absolute Gasteiger partial charge is 0.507 e. The van der Waals surface area contributed by atoms with Crippen molar-refractivity contribution in [1.29, 1.82) is 0 Å². The Kier molecular flexibility index (Phi) is 7.36. The van der Waals surface area contributed by atoms with E-state index in [2.05, 4.69) is 0 Å². The number of phenols is 1. The van der Waals surface area contributed by atoms with Gasteiger partial charge < -0.3 is 33.2 Å². The van der Waals surface area contributed by atoms with E-state index in [1.807, 2.05) is 39.8 Å². The molecule has 0 amide bonds. The SMILES string of the molecule is COc1c(OCC2CO2)cc2oc3cc(OCC4CO4)c(CC=C(C)C)c(O)c3c(=O)c2c1CC=C(C)C. The van der Waals surface area contributed by atoms with Gasteiger partial charge in [0.05, 0.1) is 25.7 Å². The first-order valence-corrected chi connectivity index (χ1v) is 12.9. The third-order valence-electron chi connectivity index (χ3n) is 6.60. The van der Waals surface area contributed by atoms with Crippen molar-refractivity contribution < 1.29 is 33.2 Å². The minimum Gasteiger partial charge on any atom is -0.507 e. The smallest absolute Gasteiger partial charge is 0.204 e. The van der Waals surface area contributed by atoms with Crippen LogP contribution < -0.4 is 19.6 Å². The fourth-order valence-corrected chi connectivity index (χ4v) is 4.36. The summed E-state index contributed by atoms with van der Waals surface area (Å²) in [6, 6.07) is 3.36. The summed E-state index contributed by atoms with van der Waals surface area (Å²) in [6.07, 6.45) is 4.93. The van der Waals surface area contributed by atoms with Gasteiger partial charge in [0.25, 0.3) is 0 Å². The first-order valence-electron chi connectivity index (χ1n) is 12.9. The Hall–Kier alpha value is -3.49.